The lowest BCUT2D eigenvalue weighted by Crippen LogP contribution is -2.30. The van der Waals surface area contributed by atoms with Gasteiger partial charge in [0, 0.05) is 45.5 Å². The summed E-state index contributed by atoms with van der Waals surface area (Å²) in [5, 5.41) is 9.48. The van der Waals surface area contributed by atoms with Gasteiger partial charge in [-0.05, 0) is 88.2 Å². The molecular formula is C31H50ClNO5S. The molecule has 0 fully saturated rings. The van der Waals surface area contributed by atoms with Gasteiger partial charge in [-0.25, -0.2) is 0 Å². The predicted octanol–water partition coefficient (Wildman–Crippen LogP) is 7.80. The summed E-state index contributed by atoms with van der Waals surface area (Å²) in [5.41, 5.74) is 2.27. The van der Waals surface area contributed by atoms with Gasteiger partial charge in [-0.15, -0.1) is 0 Å². The average Bonchev–Trinajstić information content (AvgIpc) is 3.09. The van der Waals surface area contributed by atoms with E-state index in [4.69, 9.17) is 30.9 Å². The quantitative estimate of drug-likeness (QED) is 0.244. The molecule has 222 valence electrons. The number of methoxy groups -OCH3 is 1. The Labute approximate surface area is 247 Å². The van der Waals surface area contributed by atoms with Crippen LogP contribution >= 0.6 is 24.2 Å². The molecule has 0 aromatic heterocycles. The van der Waals surface area contributed by atoms with E-state index in [0.717, 1.165) is 43.2 Å². The van der Waals surface area contributed by atoms with Crippen molar-refractivity contribution in [2.75, 3.05) is 33.0 Å². The van der Waals surface area contributed by atoms with Crippen molar-refractivity contribution in [3.63, 3.8) is 0 Å². The van der Waals surface area contributed by atoms with Gasteiger partial charge in [0.1, 0.15) is 17.1 Å². The molecule has 39 heavy (non-hydrogen) atoms. The van der Waals surface area contributed by atoms with Crippen molar-refractivity contribution in [3.05, 3.63) is 58.6 Å². The molecule has 0 atom stereocenters. The van der Waals surface area contributed by atoms with Crippen LogP contribution < -0.4 is 9.47 Å². The maximum atomic E-state index is 10.6. The van der Waals surface area contributed by atoms with Gasteiger partial charge in [-0.3, -0.25) is 4.79 Å². The second-order valence-corrected chi connectivity index (χ2v) is 10.5. The van der Waals surface area contributed by atoms with Crippen LogP contribution in [0.25, 0.3) is 0 Å². The standard InChI is InChI=1S/C18H26ClNO4.C10H14O.C2H6.CH4S/c1-18(2,23-3)24-14-11-13-6-9-20(8-4-5-17(21)22)10-7-15(13)16(19)12-14;1-10(2,3)11-9-7-5-4-6-8-9;2*1-2/h11-12H,4-10H2,1-3H3,(H,21,22);4-8H,1-3H3;1-2H3;2H,1H3. The Hall–Kier alpha value is -1.93. The first-order valence-corrected chi connectivity index (χ1v) is 14.8. The number of thiol groups is 1. The van der Waals surface area contributed by atoms with Crippen LogP contribution in [-0.4, -0.2) is 60.4 Å². The van der Waals surface area contributed by atoms with Crippen LogP contribution in [0.3, 0.4) is 0 Å². The molecule has 0 bridgehead atoms. The number of aliphatic carboxylic acids is 1. The first-order valence-electron chi connectivity index (χ1n) is 13.6. The van der Waals surface area contributed by atoms with Crippen molar-refractivity contribution in [3.8, 4) is 11.5 Å². The Morgan fingerprint density at radius 3 is 2.10 bits per heavy atom. The lowest BCUT2D eigenvalue weighted by atomic mass is 10.0. The third-order valence-corrected chi connectivity index (χ3v) is 5.86. The number of nitrogens with zero attached hydrogens (tertiary/aromatic N) is 1. The summed E-state index contributed by atoms with van der Waals surface area (Å²) in [6, 6.07) is 13.7. The zero-order chi connectivity index (χ0) is 30.1. The van der Waals surface area contributed by atoms with Crippen LogP contribution in [0.4, 0.5) is 0 Å². The van der Waals surface area contributed by atoms with Gasteiger partial charge in [0.2, 0.25) is 5.79 Å². The normalized spacial score (nSPS) is 13.1. The Morgan fingerprint density at radius 2 is 1.56 bits per heavy atom. The number of carboxylic acids is 1. The fraction of sp³-hybridized carbons (Fsp3) is 0.581. The number of carbonyl (C=O) groups is 1. The number of hydrogen-bond acceptors (Lipinski definition) is 6. The number of para-hydroxylation sites is 1. The molecule has 3 rings (SSSR count). The Bertz CT molecular complexity index is 948. The minimum Gasteiger partial charge on any atom is -0.488 e. The van der Waals surface area contributed by atoms with E-state index in [0.29, 0.717) is 12.2 Å². The fourth-order valence-corrected chi connectivity index (χ4v) is 4.06. The molecule has 0 radical (unpaired) electrons. The van der Waals surface area contributed by atoms with E-state index in [1.165, 1.54) is 11.1 Å². The van der Waals surface area contributed by atoms with Crippen LogP contribution in [0.15, 0.2) is 42.5 Å². The van der Waals surface area contributed by atoms with E-state index < -0.39 is 11.8 Å². The van der Waals surface area contributed by atoms with Crippen molar-refractivity contribution in [1.29, 1.82) is 0 Å². The summed E-state index contributed by atoms with van der Waals surface area (Å²) in [6.45, 7) is 16.4. The molecule has 1 aliphatic rings. The van der Waals surface area contributed by atoms with Crippen molar-refractivity contribution in [2.24, 2.45) is 0 Å². The van der Waals surface area contributed by atoms with Gasteiger partial charge in [-0.2, -0.15) is 12.6 Å². The maximum absolute atomic E-state index is 10.6. The van der Waals surface area contributed by atoms with Gasteiger partial charge >= 0.3 is 5.97 Å². The van der Waals surface area contributed by atoms with Crippen molar-refractivity contribution in [2.45, 2.75) is 85.5 Å². The summed E-state index contributed by atoms with van der Waals surface area (Å²) in [6.07, 6.45) is 4.34. The van der Waals surface area contributed by atoms with E-state index in [2.05, 4.69) is 17.5 Å². The molecule has 0 saturated carbocycles. The number of rotatable bonds is 8. The summed E-state index contributed by atoms with van der Waals surface area (Å²) in [5.74, 6) is 0.203. The molecular weight excluding hydrogens is 534 g/mol. The zero-order valence-corrected chi connectivity index (χ0v) is 27.0. The zero-order valence-electron chi connectivity index (χ0n) is 25.3. The fourth-order valence-electron chi connectivity index (χ4n) is 3.73. The average molecular weight is 584 g/mol. The Morgan fingerprint density at radius 1 is 0.974 bits per heavy atom. The highest BCUT2D eigenvalue weighted by atomic mass is 35.5. The third-order valence-electron chi connectivity index (χ3n) is 5.52. The number of halogens is 1. The molecule has 1 aliphatic heterocycles. The predicted molar refractivity (Wildman–Crippen MR) is 167 cm³/mol. The highest BCUT2D eigenvalue weighted by Crippen LogP contribution is 2.31. The van der Waals surface area contributed by atoms with Crippen molar-refractivity contribution < 1.29 is 24.1 Å². The molecule has 2 aromatic rings. The summed E-state index contributed by atoms with van der Waals surface area (Å²) >= 11 is 10.00. The van der Waals surface area contributed by atoms with Gasteiger partial charge in [-0.1, -0.05) is 43.6 Å². The summed E-state index contributed by atoms with van der Waals surface area (Å²) < 4.78 is 16.8. The van der Waals surface area contributed by atoms with E-state index >= 15 is 0 Å². The molecule has 1 heterocycles. The van der Waals surface area contributed by atoms with Crippen LogP contribution in [0.2, 0.25) is 5.02 Å². The summed E-state index contributed by atoms with van der Waals surface area (Å²) in [7, 11) is 1.61. The van der Waals surface area contributed by atoms with Gasteiger partial charge in [0.05, 0.1) is 0 Å². The van der Waals surface area contributed by atoms with E-state index in [1.54, 1.807) is 13.4 Å². The second kappa shape index (κ2) is 19.2. The number of fused-ring (bicyclic) bond motifs is 1. The highest BCUT2D eigenvalue weighted by Gasteiger charge is 2.22. The SMILES string of the molecule is CC.CC(C)(C)Oc1ccccc1.COC(C)(C)Oc1cc(Cl)c2c(c1)CCN(CCCC(=O)O)CC2.CS. The van der Waals surface area contributed by atoms with Crippen LogP contribution in [0, 0.1) is 0 Å². The van der Waals surface area contributed by atoms with E-state index in [9.17, 15) is 4.79 Å². The Balaban J connectivity index is 0.000000803. The van der Waals surface area contributed by atoms with E-state index in [1.807, 2.05) is 90.9 Å². The van der Waals surface area contributed by atoms with Crippen LogP contribution in [-0.2, 0) is 22.4 Å². The third kappa shape index (κ3) is 16.1. The number of hydrogen-bond donors (Lipinski definition) is 2. The minimum absolute atomic E-state index is 0.0959. The minimum atomic E-state index is -0.737. The number of benzene rings is 2. The molecule has 6 nitrogen and oxygen atoms in total. The molecule has 0 amide bonds. The van der Waals surface area contributed by atoms with Gasteiger partial charge < -0.3 is 24.2 Å². The lowest BCUT2D eigenvalue weighted by molar-refractivity contribution is -0.137. The van der Waals surface area contributed by atoms with Crippen LogP contribution in [0.5, 0.6) is 11.5 Å². The molecule has 0 spiro atoms. The van der Waals surface area contributed by atoms with E-state index in [-0.39, 0.29) is 12.0 Å². The molecule has 2 aromatic carbocycles. The first-order chi connectivity index (χ1) is 18.4. The molecule has 0 aliphatic carbocycles. The van der Waals surface area contributed by atoms with Crippen molar-refractivity contribution >= 4 is 30.2 Å². The topological polar surface area (TPSA) is 68.2 Å². The highest BCUT2D eigenvalue weighted by molar-refractivity contribution is 7.79. The smallest absolute Gasteiger partial charge is 0.303 e. The number of carboxylic acid groups (broad SMARTS) is 1. The first kappa shape index (κ1) is 37.1. The summed E-state index contributed by atoms with van der Waals surface area (Å²) in [4.78, 5) is 13.0. The number of ether oxygens (including phenoxy) is 3. The lowest BCUT2D eigenvalue weighted by Gasteiger charge is -2.25. The molecule has 0 saturated heterocycles. The Kier molecular flexibility index (Phi) is 18.2. The molecule has 8 heteroatoms. The van der Waals surface area contributed by atoms with Gasteiger partial charge in [0.25, 0.3) is 0 Å². The molecule has 0 unspecified atom stereocenters. The largest absolute Gasteiger partial charge is 0.488 e. The molecule has 1 N–H and O–H groups in total. The monoisotopic (exact) mass is 583 g/mol. The second-order valence-electron chi connectivity index (χ2n) is 10.1. The van der Waals surface area contributed by atoms with Crippen LogP contribution in [0.1, 0.15) is 72.4 Å². The van der Waals surface area contributed by atoms with Gasteiger partial charge in [0.15, 0.2) is 0 Å². The maximum Gasteiger partial charge on any atom is 0.303 e. The van der Waals surface area contributed by atoms with Crippen molar-refractivity contribution in [1.82, 2.24) is 4.90 Å².